The number of H-pyrrole nitrogens is 1. The number of hydrogen-bond donors (Lipinski definition) is 1. The second kappa shape index (κ2) is 6.05. The Kier molecular flexibility index (Phi) is 4.14. The van der Waals surface area contributed by atoms with Crippen LogP contribution in [0.15, 0.2) is 46.9 Å². The predicted molar refractivity (Wildman–Crippen MR) is 90.8 cm³/mol. The molecule has 3 aromatic rings. The summed E-state index contributed by atoms with van der Waals surface area (Å²) in [6.45, 7) is 0.449. The highest BCUT2D eigenvalue weighted by atomic mass is 79.9. The lowest BCUT2D eigenvalue weighted by Gasteiger charge is -2.10. The van der Waals surface area contributed by atoms with Gasteiger partial charge in [0.05, 0.1) is 16.8 Å². The molecular weight excluding hydrogens is 348 g/mol. The van der Waals surface area contributed by atoms with Gasteiger partial charge in [0, 0.05) is 12.7 Å². The maximum Gasteiger partial charge on any atom is 0.144 e. The molecule has 0 aliphatic heterocycles. The molecule has 1 heterocycles. The van der Waals surface area contributed by atoms with Crippen molar-refractivity contribution in [2.24, 2.45) is 0 Å². The zero-order chi connectivity index (χ0) is 14.8. The molecule has 2 aromatic carbocycles. The second-order valence-electron chi connectivity index (χ2n) is 4.64. The lowest BCUT2D eigenvalue weighted by atomic mass is 10.0. The maximum absolute atomic E-state index is 5.33. The third kappa shape index (κ3) is 2.77. The Morgan fingerprint density at radius 1 is 1.19 bits per heavy atom. The average Bonchev–Trinajstić information content (AvgIpc) is 2.51. The van der Waals surface area contributed by atoms with Gasteiger partial charge in [-0.05, 0) is 26.7 Å². The van der Waals surface area contributed by atoms with Gasteiger partial charge < -0.3 is 9.72 Å². The monoisotopic (exact) mass is 360 g/mol. The number of benzene rings is 2. The van der Waals surface area contributed by atoms with Crippen molar-refractivity contribution in [3.8, 4) is 11.4 Å². The number of methoxy groups -OCH3 is 1. The molecule has 0 aliphatic carbocycles. The standard InChI is InChI=1S/C16H13BrN2OS/c1-20-9-13-14(17)16(21)19-15(18-13)12-8-4-6-10-5-2-3-7-11(10)12/h2-8H,9H2,1H3,(H,18,19,21). The van der Waals surface area contributed by atoms with E-state index in [0.717, 1.165) is 26.9 Å². The molecule has 1 N–H and O–H groups in total. The van der Waals surface area contributed by atoms with Crippen LogP contribution in [0, 0.1) is 4.64 Å². The first-order chi connectivity index (χ1) is 10.2. The summed E-state index contributed by atoms with van der Waals surface area (Å²) in [4.78, 5) is 7.81. The fourth-order valence-electron chi connectivity index (χ4n) is 2.31. The minimum Gasteiger partial charge on any atom is -0.378 e. The third-order valence-corrected chi connectivity index (χ3v) is 4.68. The van der Waals surface area contributed by atoms with Crippen molar-refractivity contribution in [1.29, 1.82) is 0 Å². The summed E-state index contributed by atoms with van der Waals surface area (Å²) in [5.74, 6) is 0.757. The second-order valence-corrected chi connectivity index (χ2v) is 5.82. The van der Waals surface area contributed by atoms with E-state index in [-0.39, 0.29) is 0 Å². The highest BCUT2D eigenvalue weighted by Gasteiger charge is 2.10. The van der Waals surface area contributed by atoms with Gasteiger partial charge in [-0.15, -0.1) is 0 Å². The summed E-state index contributed by atoms with van der Waals surface area (Å²) >= 11 is 8.79. The van der Waals surface area contributed by atoms with E-state index in [2.05, 4.69) is 44.1 Å². The van der Waals surface area contributed by atoms with Gasteiger partial charge in [-0.3, -0.25) is 0 Å². The van der Waals surface area contributed by atoms with Crippen molar-refractivity contribution < 1.29 is 4.74 Å². The van der Waals surface area contributed by atoms with Crippen molar-refractivity contribution in [1.82, 2.24) is 9.97 Å². The van der Waals surface area contributed by atoms with Gasteiger partial charge in [-0.25, -0.2) is 4.98 Å². The molecule has 0 aliphatic rings. The Bertz CT molecular complexity index is 855. The molecule has 0 amide bonds. The van der Waals surface area contributed by atoms with Crippen LogP contribution < -0.4 is 0 Å². The molecule has 5 heteroatoms. The van der Waals surface area contributed by atoms with Crippen LogP contribution in [0.5, 0.6) is 0 Å². The Labute approximate surface area is 136 Å². The zero-order valence-corrected chi connectivity index (χ0v) is 13.8. The van der Waals surface area contributed by atoms with Crippen LogP contribution in [-0.2, 0) is 11.3 Å². The van der Waals surface area contributed by atoms with Gasteiger partial charge >= 0.3 is 0 Å². The molecule has 3 nitrogen and oxygen atoms in total. The number of rotatable bonds is 3. The Morgan fingerprint density at radius 3 is 2.76 bits per heavy atom. The first kappa shape index (κ1) is 14.4. The van der Waals surface area contributed by atoms with E-state index >= 15 is 0 Å². The number of fused-ring (bicyclic) bond motifs is 1. The van der Waals surface area contributed by atoms with Gasteiger partial charge in [0.2, 0.25) is 0 Å². The maximum atomic E-state index is 5.33. The number of aromatic nitrogens is 2. The van der Waals surface area contributed by atoms with E-state index in [1.54, 1.807) is 7.11 Å². The van der Waals surface area contributed by atoms with E-state index in [0.29, 0.717) is 11.2 Å². The number of halogens is 1. The van der Waals surface area contributed by atoms with Crippen molar-refractivity contribution in [2.75, 3.05) is 7.11 Å². The molecule has 0 radical (unpaired) electrons. The van der Waals surface area contributed by atoms with Crippen LogP contribution in [0.25, 0.3) is 22.2 Å². The molecule has 3 rings (SSSR count). The van der Waals surface area contributed by atoms with Gasteiger partial charge in [0.1, 0.15) is 10.5 Å². The summed E-state index contributed by atoms with van der Waals surface area (Å²) < 4.78 is 6.52. The molecule has 0 atom stereocenters. The molecule has 0 spiro atoms. The lowest BCUT2D eigenvalue weighted by Crippen LogP contribution is -2.00. The number of hydrogen-bond acceptors (Lipinski definition) is 3. The average molecular weight is 361 g/mol. The van der Waals surface area contributed by atoms with E-state index < -0.39 is 0 Å². The minimum absolute atomic E-state index is 0.449. The highest BCUT2D eigenvalue weighted by molar-refractivity contribution is 9.10. The van der Waals surface area contributed by atoms with Gasteiger partial charge in [0.15, 0.2) is 0 Å². The minimum atomic E-state index is 0.449. The Balaban J connectivity index is 2.26. The molecule has 0 saturated carbocycles. The molecule has 1 aromatic heterocycles. The summed E-state index contributed by atoms with van der Waals surface area (Å²) in [6, 6.07) is 14.4. The smallest absolute Gasteiger partial charge is 0.144 e. The SMILES string of the molecule is COCc1[nH]c(-c2cccc3ccccc23)nc(=S)c1Br. The van der Waals surface area contributed by atoms with E-state index in [1.807, 2.05) is 24.3 Å². The van der Waals surface area contributed by atoms with Gasteiger partial charge in [-0.2, -0.15) is 0 Å². The number of nitrogens with zero attached hydrogens (tertiary/aromatic N) is 1. The van der Waals surface area contributed by atoms with Crippen LogP contribution in [0.4, 0.5) is 0 Å². The van der Waals surface area contributed by atoms with Crippen LogP contribution in [0.1, 0.15) is 5.69 Å². The topological polar surface area (TPSA) is 37.9 Å². The zero-order valence-electron chi connectivity index (χ0n) is 11.4. The molecular formula is C16H13BrN2OS. The third-order valence-electron chi connectivity index (χ3n) is 3.27. The van der Waals surface area contributed by atoms with Crippen LogP contribution in [0.3, 0.4) is 0 Å². The fraction of sp³-hybridized carbons (Fsp3) is 0.125. The lowest BCUT2D eigenvalue weighted by molar-refractivity contribution is 0.181. The Morgan fingerprint density at radius 2 is 1.95 bits per heavy atom. The Hall–Kier alpha value is -1.56. The summed E-state index contributed by atoms with van der Waals surface area (Å²) in [5.41, 5.74) is 1.92. The van der Waals surface area contributed by atoms with E-state index in [1.165, 1.54) is 5.39 Å². The van der Waals surface area contributed by atoms with Crippen LogP contribution in [-0.4, -0.2) is 17.1 Å². The summed E-state index contributed by atoms with van der Waals surface area (Å²) in [5, 5.41) is 2.32. The number of ether oxygens (including phenoxy) is 1. The molecule has 0 unspecified atom stereocenters. The highest BCUT2D eigenvalue weighted by Crippen LogP contribution is 2.28. The number of aromatic amines is 1. The normalized spacial score (nSPS) is 11.0. The van der Waals surface area contributed by atoms with E-state index in [9.17, 15) is 0 Å². The predicted octanol–water partition coefficient (Wildman–Crippen LogP) is 4.87. The molecule has 0 fully saturated rings. The number of nitrogens with one attached hydrogen (secondary N) is 1. The summed E-state index contributed by atoms with van der Waals surface area (Å²) in [6.07, 6.45) is 0. The molecule has 0 bridgehead atoms. The first-order valence-electron chi connectivity index (χ1n) is 6.46. The van der Waals surface area contributed by atoms with Crippen molar-refractivity contribution in [2.45, 2.75) is 6.61 Å². The molecule has 106 valence electrons. The summed E-state index contributed by atoms with van der Waals surface area (Å²) in [7, 11) is 1.65. The van der Waals surface area contributed by atoms with Crippen molar-refractivity contribution in [3.63, 3.8) is 0 Å². The van der Waals surface area contributed by atoms with Crippen molar-refractivity contribution >= 4 is 38.9 Å². The largest absolute Gasteiger partial charge is 0.378 e. The quantitative estimate of drug-likeness (QED) is 0.677. The fourth-order valence-corrected chi connectivity index (χ4v) is 2.83. The van der Waals surface area contributed by atoms with Crippen LogP contribution in [0.2, 0.25) is 0 Å². The first-order valence-corrected chi connectivity index (χ1v) is 7.66. The van der Waals surface area contributed by atoms with Crippen LogP contribution >= 0.6 is 28.1 Å². The van der Waals surface area contributed by atoms with Crippen molar-refractivity contribution in [3.05, 3.63) is 57.3 Å². The van der Waals surface area contributed by atoms with Gasteiger partial charge in [-0.1, -0.05) is 54.7 Å². The van der Waals surface area contributed by atoms with E-state index in [4.69, 9.17) is 17.0 Å². The molecule has 0 saturated heterocycles. The molecule has 21 heavy (non-hydrogen) atoms. The van der Waals surface area contributed by atoms with Gasteiger partial charge in [0.25, 0.3) is 0 Å².